The van der Waals surface area contributed by atoms with Crippen LogP contribution >= 0.6 is 31.9 Å². The van der Waals surface area contributed by atoms with Crippen molar-refractivity contribution in [3.05, 3.63) is 97.2 Å². The highest BCUT2D eigenvalue weighted by Crippen LogP contribution is 2.28. The Balaban J connectivity index is 1.60. The molecule has 0 aliphatic rings. The van der Waals surface area contributed by atoms with E-state index < -0.39 is 21.4 Å². The van der Waals surface area contributed by atoms with Gasteiger partial charge >= 0.3 is 5.63 Å². The fraction of sp³-hybridized carbons (Fsp3) is 0.0435. The highest BCUT2D eigenvalue weighted by atomic mass is 79.9. The molecular formula is C23H15Br2NO6S. The van der Waals surface area contributed by atoms with Gasteiger partial charge in [-0.1, -0.05) is 15.9 Å². The summed E-state index contributed by atoms with van der Waals surface area (Å²) in [6.07, 6.45) is 0. The number of ether oxygens (including phenoxy) is 1. The summed E-state index contributed by atoms with van der Waals surface area (Å²) < 4.78 is 39.3. The topological polar surface area (TPSA) is 103 Å². The van der Waals surface area contributed by atoms with Crippen LogP contribution in [0.4, 0.5) is 5.69 Å². The largest absolute Gasteiger partial charge is 0.497 e. The van der Waals surface area contributed by atoms with Gasteiger partial charge in [-0.25, -0.2) is 13.2 Å². The summed E-state index contributed by atoms with van der Waals surface area (Å²) in [5.41, 5.74) is -0.0780. The number of carbonyl (C=O) groups is 1. The summed E-state index contributed by atoms with van der Waals surface area (Å²) in [5.74, 6) is 0.000933. The monoisotopic (exact) mass is 591 g/mol. The third-order valence-corrected chi connectivity index (χ3v) is 7.21. The molecule has 33 heavy (non-hydrogen) atoms. The molecule has 1 N–H and O–H groups in total. The molecule has 0 saturated heterocycles. The predicted molar refractivity (Wildman–Crippen MR) is 132 cm³/mol. The summed E-state index contributed by atoms with van der Waals surface area (Å²) in [5, 5.41) is 0.572. The number of hydrogen-bond acceptors (Lipinski definition) is 6. The van der Waals surface area contributed by atoms with Crippen molar-refractivity contribution in [1.82, 2.24) is 0 Å². The fourth-order valence-corrected chi connectivity index (χ4v) is 5.53. The maximum absolute atomic E-state index is 12.9. The lowest BCUT2D eigenvalue weighted by Gasteiger charge is -2.09. The maximum atomic E-state index is 12.9. The van der Waals surface area contributed by atoms with E-state index in [2.05, 4.69) is 36.6 Å². The number of carbonyl (C=O) groups excluding carboxylic acids is 1. The molecule has 0 aliphatic heterocycles. The molecule has 0 spiro atoms. The van der Waals surface area contributed by atoms with Crippen molar-refractivity contribution in [3.63, 3.8) is 0 Å². The molecule has 4 aromatic rings. The lowest BCUT2D eigenvalue weighted by Crippen LogP contribution is -2.15. The van der Waals surface area contributed by atoms with Crippen LogP contribution in [0, 0.1) is 0 Å². The Morgan fingerprint density at radius 1 is 0.970 bits per heavy atom. The van der Waals surface area contributed by atoms with E-state index in [1.54, 1.807) is 24.3 Å². The van der Waals surface area contributed by atoms with Gasteiger partial charge < -0.3 is 9.15 Å². The van der Waals surface area contributed by atoms with Crippen molar-refractivity contribution >= 4 is 64.3 Å². The quantitative estimate of drug-likeness (QED) is 0.239. The van der Waals surface area contributed by atoms with E-state index in [9.17, 15) is 18.0 Å². The van der Waals surface area contributed by atoms with Crippen molar-refractivity contribution in [2.24, 2.45) is 0 Å². The maximum Gasteiger partial charge on any atom is 0.347 e. The normalized spacial score (nSPS) is 11.4. The summed E-state index contributed by atoms with van der Waals surface area (Å²) in [4.78, 5) is 25.4. The van der Waals surface area contributed by atoms with Crippen LogP contribution in [-0.4, -0.2) is 21.3 Å². The highest BCUT2D eigenvalue weighted by molar-refractivity contribution is 9.11. The van der Waals surface area contributed by atoms with Crippen molar-refractivity contribution < 1.29 is 22.4 Å². The molecule has 0 unspecified atom stereocenters. The second kappa shape index (κ2) is 9.12. The molecule has 10 heteroatoms. The van der Waals surface area contributed by atoms with Crippen molar-refractivity contribution in [2.75, 3.05) is 11.8 Å². The average molecular weight is 593 g/mol. The number of hydrogen-bond donors (Lipinski definition) is 1. The molecule has 0 atom stereocenters. The van der Waals surface area contributed by atoms with Gasteiger partial charge in [0.2, 0.25) is 0 Å². The van der Waals surface area contributed by atoms with E-state index in [0.29, 0.717) is 21.2 Å². The van der Waals surface area contributed by atoms with Crippen LogP contribution in [-0.2, 0) is 10.0 Å². The van der Waals surface area contributed by atoms with Gasteiger partial charge in [0, 0.05) is 21.1 Å². The number of ketones is 1. The first-order chi connectivity index (χ1) is 15.7. The smallest absolute Gasteiger partial charge is 0.347 e. The SMILES string of the molecule is COc1ccc(S(=O)(=O)Nc2ccc(C(=O)c3cc4cc(Br)cc(Br)c4oc3=O)cc2)cc1. The molecular weight excluding hydrogens is 578 g/mol. The lowest BCUT2D eigenvalue weighted by molar-refractivity contribution is 0.103. The molecule has 0 amide bonds. The minimum Gasteiger partial charge on any atom is -0.497 e. The second-order valence-corrected chi connectivity index (χ2v) is 10.4. The van der Waals surface area contributed by atoms with Crippen LogP contribution in [0.2, 0.25) is 0 Å². The van der Waals surface area contributed by atoms with Crippen molar-refractivity contribution in [3.8, 4) is 5.75 Å². The van der Waals surface area contributed by atoms with Gasteiger partial charge in [0.15, 0.2) is 11.4 Å². The predicted octanol–water partition coefficient (Wildman–Crippen LogP) is 5.36. The number of halogens is 2. The van der Waals surface area contributed by atoms with Crippen LogP contribution in [0.15, 0.2) is 89.8 Å². The molecule has 0 saturated carbocycles. The number of anilines is 1. The Labute approximate surface area is 205 Å². The molecule has 4 rings (SSSR count). The first kappa shape index (κ1) is 23.2. The van der Waals surface area contributed by atoms with Gasteiger partial charge in [-0.15, -0.1) is 0 Å². The molecule has 3 aromatic carbocycles. The molecule has 0 aliphatic carbocycles. The summed E-state index contributed by atoms with van der Waals surface area (Å²) >= 11 is 6.70. The van der Waals surface area contributed by atoms with Gasteiger partial charge in [-0.05, 0) is 82.7 Å². The Bertz CT molecular complexity index is 1530. The van der Waals surface area contributed by atoms with Crippen molar-refractivity contribution in [2.45, 2.75) is 4.90 Å². The van der Waals surface area contributed by atoms with E-state index in [0.717, 1.165) is 4.47 Å². The fourth-order valence-electron chi connectivity index (χ4n) is 3.13. The number of sulfonamides is 1. The molecule has 0 radical (unpaired) electrons. The Hall–Kier alpha value is -2.95. The molecule has 1 heterocycles. The first-order valence-electron chi connectivity index (χ1n) is 9.42. The first-order valence-corrected chi connectivity index (χ1v) is 12.5. The van der Waals surface area contributed by atoms with E-state index >= 15 is 0 Å². The van der Waals surface area contributed by atoms with Crippen LogP contribution in [0.3, 0.4) is 0 Å². The summed E-state index contributed by atoms with van der Waals surface area (Å²) in [7, 11) is -2.34. The van der Waals surface area contributed by atoms with E-state index in [4.69, 9.17) is 9.15 Å². The van der Waals surface area contributed by atoms with Crippen LogP contribution < -0.4 is 15.1 Å². The van der Waals surface area contributed by atoms with E-state index in [-0.39, 0.29) is 21.7 Å². The number of rotatable bonds is 6. The van der Waals surface area contributed by atoms with Crippen LogP contribution in [0.25, 0.3) is 11.0 Å². The zero-order valence-corrected chi connectivity index (χ0v) is 21.0. The van der Waals surface area contributed by atoms with Gasteiger partial charge in [-0.2, -0.15) is 0 Å². The van der Waals surface area contributed by atoms with Crippen molar-refractivity contribution in [1.29, 1.82) is 0 Å². The van der Waals surface area contributed by atoms with Crippen LogP contribution in [0.1, 0.15) is 15.9 Å². The van der Waals surface area contributed by atoms with E-state index in [1.165, 1.54) is 49.6 Å². The Kier molecular flexibility index (Phi) is 6.42. The number of nitrogens with one attached hydrogen (secondary N) is 1. The minimum absolute atomic E-state index is 0.0644. The molecule has 1 aromatic heterocycles. The number of benzene rings is 3. The standard InChI is InChI=1S/C23H15Br2NO6S/c1-31-17-6-8-18(9-7-17)33(29,30)26-16-4-2-13(3-5-16)21(27)19-11-14-10-15(24)12-20(25)22(14)32-23(19)28/h2-12,26H,1H3. The van der Waals surface area contributed by atoms with Gasteiger partial charge in [-0.3, -0.25) is 9.52 Å². The molecule has 7 nitrogen and oxygen atoms in total. The van der Waals surface area contributed by atoms with Crippen LogP contribution in [0.5, 0.6) is 5.75 Å². The summed E-state index contributed by atoms with van der Waals surface area (Å²) in [6.45, 7) is 0. The Morgan fingerprint density at radius 3 is 2.27 bits per heavy atom. The zero-order chi connectivity index (χ0) is 23.8. The van der Waals surface area contributed by atoms with Gasteiger partial charge in [0.25, 0.3) is 10.0 Å². The van der Waals surface area contributed by atoms with Gasteiger partial charge in [0.05, 0.1) is 16.5 Å². The Morgan fingerprint density at radius 2 is 1.64 bits per heavy atom. The molecule has 0 fully saturated rings. The summed E-state index contributed by atoms with van der Waals surface area (Å²) in [6, 6.07) is 16.7. The molecule has 0 bridgehead atoms. The average Bonchev–Trinajstić information content (AvgIpc) is 2.79. The number of fused-ring (bicyclic) bond motifs is 1. The van der Waals surface area contributed by atoms with E-state index in [1.807, 2.05) is 0 Å². The minimum atomic E-state index is -3.83. The highest BCUT2D eigenvalue weighted by Gasteiger charge is 2.18. The second-order valence-electron chi connectivity index (χ2n) is 6.94. The lowest BCUT2D eigenvalue weighted by atomic mass is 10.0. The number of methoxy groups -OCH3 is 1. The third kappa shape index (κ3) is 4.87. The zero-order valence-electron chi connectivity index (χ0n) is 17.0. The molecule has 168 valence electrons. The van der Waals surface area contributed by atoms with Gasteiger partial charge in [0.1, 0.15) is 11.3 Å². The third-order valence-electron chi connectivity index (χ3n) is 4.77.